The van der Waals surface area contributed by atoms with E-state index in [9.17, 15) is 97.0 Å². The molecule has 0 aromatic rings. The molecule has 0 aromatic carbocycles. The third-order valence-corrected chi connectivity index (χ3v) is 12.5. The maximum Gasteiger partial charge on any atom is 0.218 e. The molecule has 5 fully saturated rings. The number of hydrogen-bond acceptors (Lipinski definition) is 29. The van der Waals surface area contributed by atoms with Crippen molar-refractivity contribution < 1.29 is 144 Å². The Bertz CT molecular complexity index is 1640. The van der Waals surface area contributed by atoms with Crippen LogP contribution in [0.3, 0.4) is 0 Å². The predicted molar refractivity (Wildman–Crippen MR) is 206 cm³/mol. The molecule has 0 radical (unpaired) electrons. The highest BCUT2D eigenvalue weighted by Gasteiger charge is 2.63. The fourth-order valence-corrected chi connectivity index (χ4v) is 8.75. The molecule has 1 saturated carbocycles. The van der Waals surface area contributed by atoms with E-state index < -0.39 is 229 Å². The molecule has 10 rings (SSSR count). The van der Waals surface area contributed by atoms with Crippen LogP contribution in [-0.2, 0) is 47.4 Å². The molecule has 9 heterocycles. The average Bonchev–Trinajstić information content (AvgIpc) is 4.03. The summed E-state index contributed by atoms with van der Waals surface area (Å²) in [6.07, 6.45) is -45.0. The Morgan fingerprint density at radius 1 is 0.358 bits per heavy atom. The van der Waals surface area contributed by atoms with Gasteiger partial charge in [0.05, 0.1) is 38.6 Å². The van der Waals surface area contributed by atoms with Crippen LogP contribution in [0.5, 0.6) is 0 Å². The van der Waals surface area contributed by atoms with Gasteiger partial charge in [0, 0.05) is 32.0 Å². The second-order valence-corrected chi connectivity index (χ2v) is 16.8. The highest BCUT2D eigenvalue weighted by atomic mass is 16.8. The monoisotopic (exact) mass is 982 g/mol. The van der Waals surface area contributed by atoms with Gasteiger partial charge in [-0.15, -0.1) is 0 Å². The van der Waals surface area contributed by atoms with Gasteiger partial charge < -0.3 is 144 Å². The van der Waals surface area contributed by atoms with Crippen molar-refractivity contribution in [2.45, 2.75) is 161 Å². The Morgan fingerprint density at radius 3 is 1.15 bits per heavy atom. The van der Waals surface area contributed by atoms with Crippen LogP contribution < -0.4 is 0 Å². The van der Waals surface area contributed by atoms with Gasteiger partial charge >= 0.3 is 0 Å². The zero-order valence-electron chi connectivity index (χ0n) is 35.4. The van der Waals surface area contributed by atoms with Crippen LogP contribution in [0.25, 0.3) is 0 Å². The second-order valence-electron chi connectivity index (χ2n) is 16.8. The summed E-state index contributed by atoms with van der Waals surface area (Å²) in [5.74, 6) is -7.28. The van der Waals surface area contributed by atoms with E-state index in [0.29, 0.717) is 0 Å². The van der Waals surface area contributed by atoms with Crippen molar-refractivity contribution in [3.8, 4) is 0 Å². The molecule has 25 atom stereocenters. The van der Waals surface area contributed by atoms with E-state index in [1.165, 1.54) is 0 Å². The Kier molecular flexibility index (Phi) is 18.8. The molecule has 0 amide bonds. The molecule has 4 saturated heterocycles. The maximum atomic E-state index is 11.6. The molecule has 29 heteroatoms. The minimum Gasteiger partial charge on any atom is -0.506 e. The number of ether oxygens (including phenoxy) is 10. The summed E-state index contributed by atoms with van der Waals surface area (Å²) in [5.41, 5.74) is 0. The van der Waals surface area contributed by atoms with E-state index in [0.717, 1.165) is 0 Å². The van der Waals surface area contributed by atoms with Gasteiger partial charge in [-0.1, -0.05) is 0 Å². The Hall–Kier alpha value is -2.32. The van der Waals surface area contributed by atoms with Crippen molar-refractivity contribution >= 4 is 0 Å². The third-order valence-electron chi connectivity index (χ3n) is 12.5. The number of aliphatic hydroxyl groups excluding tert-OH is 19. The molecular weight excluding hydrogens is 920 g/mol. The van der Waals surface area contributed by atoms with Crippen LogP contribution >= 0.6 is 0 Å². The Labute approximate surface area is 379 Å². The lowest BCUT2D eigenvalue weighted by atomic mass is 9.96. The van der Waals surface area contributed by atoms with E-state index >= 15 is 0 Å². The van der Waals surface area contributed by atoms with E-state index in [-0.39, 0.29) is 6.42 Å². The average molecular weight is 983 g/mol. The fraction of sp³-hybridized carbons (Fsp3) is 0.895. The van der Waals surface area contributed by atoms with Gasteiger partial charge in [-0.05, 0) is 12.3 Å². The van der Waals surface area contributed by atoms with Gasteiger partial charge in [-0.3, -0.25) is 0 Å². The first kappa shape index (κ1) is 54.0. The van der Waals surface area contributed by atoms with Crippen molar-refractivity contribution in [3.63, 3.8) is 0 Å². The van der Waals surface area contributed by atoms with Gasteiger partial charge in [-0.25, -0.2) is 0 Å². The van der Waals surface area contributed by atoms with Crippen LogP contribution in [0.2, 0.25) is 0 Å². The number of aliphatic hydroxyl groups is 19. The molecule has 24 unspecified atom stereocenters. The van der Waals surface area contributed by atoms with Crippen LogP contribution in [0.1, 0.15) is 19.3 Å². The minimum absolute atomic E-state index is 0.00301. The standard InChI is InChI=1S/C38H62O29/c39-3-1-12-18(45)25(52)34(57)64-30-14(7-42)62-38(27(54)21(30)48)67-32-16(9-44)63-37(28(55)23(32)50)65-29-11-5-10(6-41)58-35(20(47)17(11)29)66-31-15(8-43)61-36(26(53)22(31)49)60-13(2-4-40)19(46)24(51)33(56)59-12/h10-17,20-23,26-57H,1-9H2/b24-19-,25-18?/t10?,11?,12?,13?,14?,15?,16?,17?,20?,21?,22?,23?,26?,27?,28?,29?,30?,31?,32?,33?,34?,35?,36?,37-,38?/m0/s1. The van der Waals surface area contributed by atoms with Crippen LogP contribution in [-0.4, -0.2) is 278 Å². The van der Waals surface area contributed by atoms with Crippen molar-refractivity contribution in [1.82, 2.24) is 0 Å². The van der Waals surface area contributed by atoms with Crippen LogP contribution in [0, 0.1) is 11.8 Å². The smallest absolute Gasteiger partial charge is 0.218 e. The highest BCUT2D eigenvalue weighted by molar-refractivity contribution is 5.12. The quantitative estimate of drug-likeness (QED) is 0.107. The summed E-state index contributed by atoms with van der Waals surface area (Å²) in [6.45, 7) is -5.28. The predicted octanol–water partition coefficient (Wildman–Crippen LogP) is -8.60. The fourth-order valence-electron chi connectivity index (χ4n) is 8.75. The van der Waals surface area contributed by atoms with Gasteiger partial charge in [0.25, 0.3) is 0 Å². The number of hydrogen-bond donors (Lipinski definition) is 19. The SMILES string of the molecule is OCCC1OC(O)/C(O)=C(/O)C(CCO)OC2OC(CO)C(OC3OC(CO)CC4C(O[C@@H]5OC(CO)C(OC6OC(CO)C(OC(O)C(O)=C1O)C(O)C6O)C(O)C5O)C4C3O)C(O)C2O. The van der Waals surface area contributed by atoms with Crippen molar-refractivity contribution in [2.24, 2.45) is 11.8 Å². The number of rotatable bonds is 8. The minimum atomic E-state index is -2.69. The van der Waals surface area contributed by atoms with Crippen LogP contribution in [0.15, 0.2) is 23.0 Å². The summed E-state index contributed by atoms with van der Waals surface area (Å²) < 4.78 is 56.2. The lowest BCUT2D eigenvalue weighted by Crippen LogP contribution is -2.65. The van der Waals surface area contributed by atoms with E-state index in [2.05, 4.69) is 0 Å². The molecule has 0 aromatic heterocycles. The van der Waals surface area contributed by atoms with Gasteiger partial charge in [0.15, 0.2) is 48.2 Å². The molecule has 388 valence electrons. The number of fused-ring (bicyclic) bond motifs is 1. The lowest BCUT2D eigenvalue weighted by Gasteiger charge is -2.46. The molecule has 19 N–H and O–H groups in total. The molecule has 1 aliphatic carbocycles. The van der Waals surface area contributed by atoms with Gasteiger partial charge in [-0.2, -0.15) is 0 Å². The van der Waals surface area contributed by atoms with Crippen molar-refractivity contribution in [3.05, 3.63) is 23.0 Å². The first-order valence-electron chi connectivity index (χ1n) is 21.4. The van der Waals surface area contributed by atoms with E-state index in [1.807, 2.05) is 0 Å². The first-order chi connectivity index (χ1) is 31.8. The highest BCUT2D eigenvalue weighted by Crippen LogP contribution is 2.52. The molecule has 10 aliphatic rings. The van der Waals surface area contributed by atoms with Crippen molar-refractivity contribution in [1.29, 1.82) is 0 Å². The van der Waals surface area contributed by atoms with Crippen LogP contribution in [0.4, 0.5) is 0 Å². The topological polar surface area (TPSA) is 477 Å². The zero-order chi connectivity index (χ0) is 49.2. The van der Waals surface area contributed by atoms with Crippen molar-refractivity contribution in [2.75, 3.05) is 39.6 Å². The third kappa shape index (κ3) is 11.4. The molecule has 67 heavy (non-hydrogen) atoms. The largest absolute Gasteiger partial charge is 0.506 e. The summed E-state index contributed by atoms with van der Waals surface area (Å²) in [5, 5.41) is 204. The zero-order valence-corrected chi connectivity index (χ0v) is 35.4. The second kappa shape index (κ2) is 23.3. The maximum absolute atomic E-state index is 11.6. The first-order valence-corrected chi connectivity index (χ1v) is 21.4. The van der Waals surface area contributed by atoms with E-state index in [4.69, 9.17) is 47.4 Å². The summed E-state index contributed by atoms with van der Waals surface area (Å²) in [4.78, 5) is 0. The Balaban J connectivity index is 1.34. The Morgan fingerprint density at radius 2 is 0.731 bits per heavy atom. The summed E-state index contributed by atoms with van der Waals surface area (Å²) in [7, 11) is 0. The van der Waals surface area contributed by atoms with Gasteiger partial charge in [0.1, 0.15) is 91.6 Å². The molecule has 0 spiro atoms. The molecule has 29 nitrogen and oxygen atoms in total. The van der Waals surface area contributed by atoms with Gasteiger partial charge in [0.2, 0.25) is 12.6 Å². The normalized spacial score (nSPS) is 49.7. The molecule has 8 bridgehead atoms. The lowest BCUT2D eigenvalue weighted by molar-refractivity contribution is -0.368. The molecular formula is C38H62O29. The summed E-state index contributed by atoms with van der Waals surface area (Å²) >= 11 is 0. The van der Waals surface area contributed by atoms with E-state index in [1.54, 1.807) is 0 Å². The molecule has 9 aliphatic heterocycles. The summed E-state index contributed by atoms with van der Waals surface area (Å²) in [6, 6.07) is 0.